The van der Waals surface area contributed by atoms with Crippen LogP contribution in [0.3, 0.4) is 0 Å². The van der Waals surface area contributed by atoms with Crippen LogP contribution in [0.1, 0.15) is 50.5 Å². The molecule has 3 rings (SSSR count). The average Bonchev–Trinajstić information content (AvgIpc) is 3.02. The lowest BCUT2D eigenvalue weighted by atomic mass is 10.0. The average molecular weight is 387 g/mol. The first-order valence-electron chi connectivity index (χ1n) is 10.0. The maximum absolute atomic E-state index is 12.8. The number of hydrogen-bond acceptors (Lipinski definition) is 5. The molecule has 0 saturated carbocycles. The number of carbonyl (C=O) groups excluding carboxylic acids is 2. The molecule has 1 aliphatic heterocycles. The van der Waals surface area contributed by atoms with E-state index in [9.17, 15) is 9.59 Å². The standard InChI is InChI=1S/C21H29N3O4/c1-4-27-15-9-10-17-16(12-15)19(20(22-17)21(26)28-5-2)23-18(25)13-24-11-7-6-8-14(24)3/h9-10,12,14,22H,4-8,11,13H2,1-3H3,(H,23,25)/t14-/m1/s1. The first-order chi connectivity index (χ1) is 13.5. The quantitative estimate of drug-likeness (QED) is 0.710. The van der Waals surface area contributed by atoms with Gasteiger partial charge in [-0.15, -0.1) is 0 Å². The van der Waals surface area contributed by atoms with Gasteiger partial charge in [-0.05, 0) is 58.4 Å². The van der Waals surface area contributed by atoms with Gasteiger partial charge < -0.3 is 19.8 Å². The molecule has 0 spiro atoms. The number of nitrogens with zero attached hydrogens (tertiary/aromatic N) is 1. The predicted molar refractivity (Wildman–Crippen MR) is 109 cm³/mol. The molecule has 2 N–H and O–H groups in total. The maximum atomic E-state index is 12.8. The van der Waals surface area contributed by atoms with Crippen LogP contribution in [0.5, 0.6) is 5.75 Å². The van der Waals surface area contributed by atoms with Gasteiger partial charge in [0.2, 0.25) is 5.91 Å². The number of ether oxygens (including phenoxy) is 2. The van der Waals surface area contributed by atoms with Crippen LogP contribution in [0, 0.1) is 0 Å². The third-order valence-electron chi connectivity index (χ3n) is 5.11. The highest BCUT2D eigenvalue weighted by Gasteiger charge is 2.24. The molecule has 1 saturated heterocycles. The second-order valence-electron chi connectivity index (χ2n) is 7.10. The Labute approximate surface area is 165 Å². The summed E-state index contributed by atoms with van der Waals surface area (Å²) in [5.41, 5.74) is 1.45. The molecule has 1 aromatic heterocycles. The van der Waals surface area contributed by atoms with Gasteiger partial charge in [0.25, 0.3) is 0 Å². The zero-order chi connectivity index (χ0) is 20.1. The maximum Gasteiger partial charge on any atom is 0.356 e. The van der Waals surface area contributed by atoms with E-state index in [0.29, 0.717) is 30.6 Å². The number of aromatic amines is 1. The summed E-state index contributed by atoms with van der Waals surface area (Å²) in [4.78, 5) is 30.4. The molecular formula is C21H29N3O4. The van der Waals surface area contributed by atoms with Crippen molar-refractivity contribution in [1.82, 2.24) is 9.88 Å². The van der Waals surface area contributed by atoms with Crippen LogP contribution in [-0.2, 0) is 9.53 Å². The van der Waals surface area contributed by atoms with Gasteiger partial charge >= 0.3 is 5.97 Å². The molecule has 7 heteroatoms. The van der Waals surface area contributed by atoms with E-state index < -0.39 is 5.97 Å². The normalized spacial score (nSPS) is 17.5. The van der Waals surface area contributed by atoms with Crippen molar-refractivity contribution in [2.24, 2.45) is 0 Å². The Morgan fingerprint density at radius 1 is 1.25 bits per heavy atom. The molecule has 28 heavy (non-hydrogen) atoms. The minimum atomic E-state index is -0.488. The van der Waals surface area contributed by atoms with E-state index in [2.05, 4.69) is 22.1 Å². The largest absolute Gasteiger partial charge is 0.494 e. The van der Waals surface area contributed by atoms with Crippen LogP contribution >= 0.6 is 0 Å². The van der Waals surface area contributed by atoms with E-state index >= 15 is 0 Å². The summed E-state index contributed by atoms with van der Waals surface area (Å²) < 4.78 is 10.7. The van der Waals surface area contributed by atoms with E-state index in [1.54, 1.807) is 6.92 Å². The summed E-state index contributed by atoms with van der Waals surface area (Å²) >= 11 is 0. The van der Waals surface area contributed by atoms with Gasteiger partial charge in [-0.3, -0.25) is 9.69 Å². The molecule has 1 atom stereocenters. The molecule has 0 unspecified atom stereocenters. The number of rotatable bonds is 7. The Balaban J connectivity index is 1.89. The van der Waals surface area contributed by atoms with Gasteiger partial charge in [0.05, 0.1) is 25.4 Å². The summed E-state index contributed by atoms with van der Waals surface area (Å²) in [6.45, 7) is 7.84. The Morgan fingerprint density at radius 3 is 2.79 bits per heavy atom. The van der Waals surface area contributed by atoms with Crippen molar-refractivity contribution in [3.63, 3.8) is 0 Å². The first kappa shape index (κ1) is 20.2. The Hall–Kier alpha value is -2.54. The number of H-pyrrole nitrogens is 1. The molecule has 2 aromatic rings. The van der Waals surface area contributed by atoms with Crippen molar-refractivity contribution < 1.29 is 19.1 Å². The van der Waals surface area contributed by atoms with Gasteiger partial charge in [0, 0.05) is 16.9 Å². The number of aromatic nitrogens is 1. The molecule has 2 heterocycles. The fourth-order valence-electron chi connectivity index (χ4n) is 3.67. The molecule has 7 nitrogen and oxygen atoms in total. The second kappa shape index (κ2) is 9.10. The van der Waals surface area contributed by atoms with Gasteiger partial charge in [0.15, 0.2) is 0 Å². The number of nitrogens with one attached hydrogen (secondary N) is 2. The lowest BCUT2D eigenvalue weighted by Crippen LogP contribution is -2.42. The highest BCUT2D eigenvalue weighted by molar-refractivity contribution is 6.11. The van der Waals surface area contributed by atoms with Gasteiger partial charge in [-0.25, -0.2) is 4.79 Å². The number of fused-ring (bicyclic) bond motifs is 1. The van der Waals surface area contributed by atoms with Crippen LogP contribution < -0.4 is 10.1 Å². The van der Waals surface area contributed by atoms with Crippen molar-refractivity contribution in [3.05, 3.63) is 23.9 Å². The Morgan fingerprint density at radius 2 is 2.07 bits per heavy atom. The predicted octanol–water partition coefficient (Wildman–Crippen LogP) is 3.56. The topological polar surface area (TPSA) is 83.7 Å². The van der Waals surface area contributed by atoms with Crippen molar-refractivity contribution in [3.8, 4) is 5.75 Å². The van der Waals surface area contributed by atoms with E-state index in [1.165, 1.54) is 6.42 Å². The Kier molecular flexibility index (Phi) is 6.57. The lowest BCUT2D eigenvalue weighted by Gasteiger charge is -2.32. The SMILES string of the molecule is CCOC(=O)c1[nH]c2ccc(OCC)cc2c1NC(=O)CN1CCCC[C@H]1C. The summed E-state index contributed by atoms with van der Waals surface area (Å²) in [5.74, 6) is 0.0601. The summed E-state index contributed by atoms with van der Waals surface area (Å²) in [7, 11) is 0. The summed E-state index contributed by atoms with van der Waals surface area (Å²) in [6, 6.07) is 5.89. The number of piperidine rings is 1. The molecule has 0 radical (unpaired) electrons. The van der Waals surface area contributed by atoms with Gasteiger partial charge in [0.1, 0.15) is 11.4 Å². The molecule has 0 aliphatic carbocycles. The van der Waals surface area contributed by atoms with E-state index in [1.807, 2.05) is 25.1 Å². The fourth-order valence-corrected chi connectivity index (χ4v) is 3.67. The fraction of sp³-hybridized carbons (Fsp3) is 0.524. The molecule has 0 bridgehead atoms. The van der Waals surface area contributed by atoms with Crippen molar-refractivity contribution >= 4 is 28.5 Å². The van der Waals surface area contributed by atoms with Gasteiger partial charge in [-0.1, -0.05) is 6.42 Å². The smallest absolute Gasteiger partial charge is 0.356 e. The summed E-state index contributed by atoms with van der Waals surface area (Å²) in [6.07, 6.45) is 3.41. The number of benzene rings is 1. The third kappa shape index (κ3) is 4.47. The highest BCUT2D eigenvalue weighted by atomic mass is 16.5. The minimum Gasteiger partial charge on any atom is -0.494 e. The zero-order valence-corrected chi connectivity index (χ0v) is 16.8. The summed E-state index contributed by atoms with van der Waals surface area (Å²) in [5, 5.41) is 3.67. The zero-order valence-electron chi connectivity index (χ0n) is 16.8. The van der Waals surface area contributed by atoms with Crippen LogP contribution in [0.4, 0.5) is 5.69 Å². The van der Waals surface area contributed by atoms with Crippen LogP contribution in [0.2, 0.25) is 0 Å². The number of amides is 1. The second-order valence-corrected chi connectivity index (χ2v) is 7.10. The first-order valence-corrected chi connectivity index (χ1v) is 10.0. The number of hydrogen-bond donors (Lipinski definition) is 2. The lowest BCUT2D eigenvalue weighted by molar-refractivity contribution is -0.118. The Bertz CT molecular complexity index is 846. The van der Waals surface area contributed by atoms with Crippen LogP contribution in [0.15, 0.2) is 18.2 Å². The number of anilines is 1. The van der Waals surface area contributed by atoms with E-state index in [-0.39, 0.29) is 18.2 Å². The molecule has 1 fully saturated rings. The molecule has 152 valence electrons. The molecule has 1 amide bonds. The number of likely N-dealkylation sites (tertiary alicyclic amines) is 1. The number of carbonyl (C=O) groups is 2. The molecule has 1 aromatic carbocycles. The molecule has 1 aliphatic rings. The molecular weight excluding hydrogens is 358 g/mol. The van der Waals surface area contributed by atoms with E-state index in [0.717, 1.165) is 30.3 Å². The van der Waals surface area contributed by atoms with Crippen molar-refractivity contribution in [1.29, 1.82) is 0 Å². The van der Waals surface area contributed by atoms with Gasteiger partial charge in [-0.2, -0.15) is 0 Å². The van der Waals surface area contributed by atoms with Crippen molar-refractivity contribution in [2.75, 3.05) is 31.6 Å². The minimum absolute atomic E-state index is 0.137. The highest BCUT2D eigenvalue weighted by Crippen LogP contribution is 2.31. The third-order valence-corrected chi connectivity index (χ3v) is 5.11. The monoisotopic (exact) mass is 387 g/mol. The van der Waals surface area contributed by atoms with Crippen molar-refractivity contribution in [2.45, 2.75) is 46.1 Å². The number of esters is 1. The van der Waals surface area contributed by atoms with Crippen LogP contribution in [-0.4, -0.2) is 54.1 Å². The van der Waals surface area contributed by atoms with Crippen LogP contribution in [0.25, 0.3) is 10.9 Å². The van der Waals surface area contributed by atoms with E-state index in [4.69, 9.17) is 9.47 Å².